The van der Waals surface area contributed by atoms with Crippen molar-refractivity contribution >= 4 is 66.6 Å². The zero-order valence-electron chi connectivity index (χ0n) is 18.1. The Morgan fingerprint density at radius 3 is 2.63 bits per heavy atom. The van der Waals surface area contributed by atoms with Gasteiger partial charge in [0.1, 0.15) is 5.75 Å². The number of hydrogen-bond acceptors (Lipinski definition) is 4. The number of thiazole rings is 1. The molecule has 1 aliphatic heterocycles. The second kappa shape index (κ2) is 8.89. The van der Waals surface area contributed by atoms with Gasteiger partial charge in [-0.05, 0) is 59.9 Å². The highest BCUT2D eigenvalue weighted by atomic mass is 79.9. The Bertz CT molecular complexity index is 1720. The van der Waals surface area contributed by atoms with Gasteiger partial charge in [0.15, 0.2) is 4.80 Å². The molecule has 0 amide bonds. The Morgan fingerprint density at radius 2 is 1.83 bits per heavy atom. The maximum Gasteiger partial charge on any atom is 0.271 e. The molecule has 0 fully saturated rings. The number of allylic oxidation sites excluding steroid dienone is 1. The first kappa shape index (κ1) is 23.0. The molecule has 4 aromatic rings. The first-order chi connectivity index (χ1) is 16.9. The SMILES string of the molecule is O=c1/c(=C\c2cc(Br)cc(Cl)c2O)sc2n1[C@@H](c1ccc(Br)cc1)C1=C(N=2)c2ccccc2CC1. The predicted molar refractivity (Wildman–Crippen MR) is 148 cm³/mol. The Kier molecular flexibility index (Phi) is 5.84. The van der Waals surface area contributed by atoms with E-state index in [-0.39, 0.29) is 22.4 Å². The van der Waals surface area contributed by atoms with Gasteiger partial charge in [0, 0.05) is 20.1 Å². The third-order valence-electron chi connectivity index (χ3n) is 6.40. The van der Waals surface area contributed by atoms with Crippen molar-refractivity contribution in [2.24, 2.45) is 4.99 Å². The van der Waals surface area contributed by atoms with Crippen LogP contribution in [-0.2, 0) is 6.42 Å². The number of hydrogen-bond donors (Lipinski definition) is 1. The molecule has 35 heavy (non-hydrogen) atoms. The number of nitrogens with zero attached hydrogens (tertiary/aromatic N) is 2. The van der Waals surface area contributed by atoms with Crippen molar-refractivity contribution < 1.29 is 5.11 Å². The molecular weight excluding hydrogens is 612 g/mol. The highest BCUT2D eigenvalue weighted by Gasteiger charge is 2.32. The Balaban J connectivity index is 1.64. The maximum absolute atomic E-state index is 13.8. The minimum Gasteiger partial charge on any atom is -0.506 e. The number of aryl methyl sites for hydroxylation is 1. The largest absolute Gasteiger partial charge is 0.506 e. The number of rotatable bonds is 2. The van der Waals surface area contributed by atoms with E-state index in [1.807, 2.05) is 18.2 Å². The van der Waals surface area contributed by atoms with Crippen molar-refractivity contribution in [1.29, 1.82) is 0 Å². The Labute approximate surface area is 226 Å². The van der Waals surface area contributed by atoms with E-state index < -0.39 is 0 Å². The quantitative estimate of drug-likeness (QED) is 0.288. The summed E-state index contributed by atoms with van der Waals surface area (Å²) >= 11 is 14.4. The van der Waals surface area contributed by atoms with E-state index in [2.05, 4.69) is 62.2 Å². The number of aromatic nitrogens is 1. The van der Waals surface area contributed by atoms with Crippen molar-refractivity contribution in [2.75, 3.05) is 0 Å². The molecule has 2 heterocycles. The monoisotopic (exact) mass is 626 g/mol. The van der Waals surface area contributed by atoms with Gasteiger partial charge in [-0.3, -0.25) is 9.36 Å². The minimum atomic E-state index is -0.246. The molecule has 1 N–H and O–H groups in total. The van der Waals surface area contributed by atoms with Crippen molar-refractivity contribution in [3.63, 3.8) is 0 Å². The number of phenols is 1. The second-order valence-corrected chi connectivity index (χ2v) is 11.7. The Morgan fingerprint density at radius 1 is 1.06 bits per heavy atom. The zero-order valence-corrected chi connectivity index (χ0v) is 22.9. The smallest absolute Gasteiger partial charge is 0.271 e. The average molecular weight is 629 g/mol. The van der Waals surface area contributed by atoms with Gasteiger partial charge in [-0.2, -0.15) is 0 Å². The molecule has 174 valence electrons. The summed E-state index contributed by atoms with van der Waals surface area (Å²) in [5.74, 6) is -0.0571. The molecule has 0 radical (unpaired) electrons. The molecule has 0 spiro atoms. The number of benzene rings is 3. The molecule has 1 aromatic heterocycles. The van der Waals surface area contributed by atoms with Gasteiger partial charge in [-0.15, -0.1) is 0 Å². The summed E-state index contributed by atoms with van der Waals surface area (Å²) in [6.07, 6.45) is 3.43. The van der Waals surface area contributed by atoms with E-state index in [0.717, 1.165) is 44.2 Å². The van der Waals surface area contributed by atoms with Crippen LogP contribution in [0.3, 0.4) is 0 Å². The molecule has 1 aliphatic carbocycles. The standard InChI is InChI=1S/C27H17Br2ClN2O2S/c28-17-8-5-15(6-9-17)24-20-10-7-14-3-1-2-4-19(14)23(20)31-27-32(24)26(34)22(35-27)12-16-11-18(29)13-21(30)25(16)33/h1-6,8-9,11-13,24,33H,7,10H2/b22-12+/t24-/m0/s1. The van der Waals surface area contributed by atoms with Gasteiger partial charge in [0.25, 0.3) is 5.56 Å². The summed E-state index contributed by atoms with van der Waals surface area (Å²) in [5.41, 5.74) is 5.89. The summed E-state index contributed by atoms with van der Waals surface area (Å²) in [6, 6.07) is 19.6. The number of phenolic OH excluding ortho intramolecular Hbond substituents is 1. The molecule has 0 bridgehead atoms. The highest BCUT2D eigenvalue weighted by molar-refractivity contribution is 9.10. The second-order valence-electron chi connectivity index (χ2n) is 8.49. The van der Waals surface area contributed by atoms with Gasteiger partial charge in [0.2, 0.25) is 0 Å². The fourth-order valence-electron chi connectivity index (χ4n) is 4.80. The molecule has 1 atom stereocenters. The van der Waals surface area contributed by atoms with Crippen molar-refractivity contribution in [1.82, 2.24) is 4.57 Å². The molecule has 0 saturated heterocycles. The lowest BCUT2D eigenvalue weighted by Crippen LogP contribution is -2.38. The van der Waals surface area contributed by atoms with Gasteiger partial charge in [0.05, 0.1) is 21.3 Å². The summed E-state index contributed by atoms with van der Waals surface area (Å²) < 4.78 is 3.99. The van der Waals surface area contributed by atoms with E-state index in [4.69, 9.17) is 16.6 Å². The van der Waals surface area contributed by atoms with E-state index >= 15 is 0 Å². The van der Waals surface area contributed by atoms with Crippen molar-refractivity contribution in [3.8, 4) is 5.75 Å². The minimum absolute atomic E-state index is 0.0571. The highest BCUT2D eigenvalue weighted by Crippen LogP contribution is 2.41. The zero-order chi connectivity index (χ0) is 24.3. The van der Waals surface area contributed by atoms with Crippen LogP contribution in [-0.4, -0.2) is 9.67 Å². The van der Waals surface area contributed by atoms with E-state index in [0.29, 0.717) is 14.9 Å². The summed E-state index contributed by atoms with van der Waals surface area (Å²) in [6.45, 7) is 0. The molecule has 8 heteroatoms. The molecule has 4 nitrogen and oxygen atoms in total. The van der Waals surface area contributed by atoms with Crippen molar-refractivity contribution in [3.05, 3.63) is 122 Å². The van der Waals surface area contributed by atoms with E-state index in [1.165, 1.54) is 16.9 Å². The third kappa shape index (κ3) is 3.95. The lowest BCUT2D eigenvalue weighted by molar-refractivity contribution is 0.474. The van der Waals surface area contributed by atoms with Crippen LogP contribution < -0.4 is 14.9 Å². The van der Waals surface area contributed by atoms with Crippen LogP contribution in [0.4, 0.5) is 0 Å². The fourth-order valence-corrected chi connectivity index (χ4v) is 6.89. The lowest BCUT2D eigenvalue weighted by atomic mass is 9.83. The first-order valence-corrected chi connectivity index (χ1v) is 13.8. The number of fused-ring (bicyclic) bond motifs is 3. The fraction of sp³-hybridized carbons (Fsp3) is 0.111. The van der Waals surface area contributed by atoms with Crippen LogP contribution in [0.2, 0.25) is 5.02 Å². The number of halogens is 3. The molecule has 0 unspecified atom stereocenters. The summed E-state index contributed by atoms with van der Waals surface area (Å²) in [5, 5.41) is 10.7. The summed E-state index contributed by atoms with van der Waals surface area (Å²) in [7, 11) is 0. The van der Waals surface area contributed by atoms with E-state index in [1.54, 1.807) is 22.8 Å². The van der Waals surface area contributed by atoms with Crippen molar-refractivity contribution in [2.45, 2.75) is 18.9 Å². The normalized spacial score (nSPS) is 17.0. The lowest BCUT2D eigenvalue weighted by Gasteiger charge is -2.30. The summed E-state index contributed by atoms with van der Waals surface area (Å²) in [4.78, 5) is 19.5. The van der Waals surface area contributed by atoms with Crippen LogP contribution in [0.15, 0.2) is 85.0 Å². The van der Waals surface area contributed by atoms with Crippen LogP contribution >= 0.6 is 54.8 Å². The molecular formula is C27H17Br2ClN2O2S. The van der Waals surface area contributed by atoms with E-state index in [9.17, 15) is 9.90 Å². The predicted octanol–water partition coefficient (Wildman–Crippen LogP) is 6.20. The van der Waals surface area contributed by atoms with Crippen LogP contribution in [0.1, 0.15) is 34.7 Å². The number of aromatic hydroxyl groups is 1. The molecule has 0 saturated carbocycles. The van der Waals surface area contributed by atoms with Gasteiger partial charge in [-0.25, -0.2) is 4.99 Å². The van der Waals surface area contributed by atoms with Gasteiger partial charge in [-0.1, -0.05) is 91.2 Å². The van der Waals surface area contributed by atoms with Crippen LogP contribution in [0.25, 0.3) is 11.8 Å². The topological polar surface area (TPSA) is 54.6 Å². The molecule has 3 aromatic carbocycles. The van der Waals surface area contributed by atoms with Gasteiger partial charge < -0.3 is 5.11 Å². The van der Waals surface area contributed by atoms with Crippen LogP contribution in [0.5, 0.6) is 5.75 Å². The van der Waals surface area contributed by atoms with Gasteiger partial charge >= 0.3 is 0 Å². The first-order valence-electron chi connectivity index (χ1n) is 11.0. The third-order valence-corrected chi connectivity index (χ3v) is 8.66. The van der Waals surface area contributed by atoms with Crippen LogP contribution in [0, 0.1) is 0 Å². The molecule has 2 aliphatic rings. The molecule has 6 rings (SSSR count). The Hall–Kier alpha value is -2.45. The average Bonchev–Trinajstić information content (AvgIpc) is 3.16. The maximum atomic E-state index is 13.8.